The van der Waals surface area contributed by atoms with Crippen molar-refractivity contribution in [3.05, 3.63) is 64.7 Å². The van der Waals surface area contributed by atoms with E-state index in [0.717, 1.165) is 29.2 Å². The number of nitrogens with one attached hydrogen (secondary N) is 1. The van der Waals surface area contributed by atoms with Crippen molar-refractivity contribution in [1.82, 2.24) is 0 Å². The van der Waals surface area contributed by atoms with Gasteiger partial charge in [0.25, 0.3) is 0 Å². The molecular weight excluding hydrogens is 263 g/mol. The zero-order chi connectivity index (χ0) is 14.3. The largest absolute Gasteiger partial charge is 0.416 e. The number of fused-ring (bicyclic) bond motifs is 1. The van der Waals surface area contributed by atoms with Gasteiger partial charge >= 0.3 is 6.18 Å². The quantitative estimate of drug-likeness (QED) is 0.795. The van der Waals surface area contributed by atoms with Crippen LogP contribution < -0.4 is 5.32 Å². The molecule has 0 bridgehead atoms. The molecule has 0 saturated carbocycles. The fraction of sp³-hybridized carbons (Fsp3) is 0.250. The third-order valence-corrected chi connectivity index (χ3v) is 3.64. The predicted octanol–water partition coefficient (Wildman–Crippen LogP) is 4.72. The van der Waals surface area contributed by atoms with Crippen molar-refractivity contribution in [1.29, 1.82) is 0 Å². The van der Waals surface area contributed by atoms with Gasteiger partial charge < -0.3 is 5.32 Å². The summed E-state index contributed by atoms with van der Waals surface area (Å²) in [5, 5.41) is 3.19. The van der Waals surface area contributed by atoms with Gasteiger partial charge in [-0.2, -0.15) is 13.2 Å². The molecule has 0 fully saturated rings. The number of alkyl halides is 3. The SMILES string of the molecule is Cc1cccc(C2Cc3ccc(C(F)(F)F)cc3N2)c1. The van der Waals surface area contributed by atoms with Gasteiger partial charge in [0.05, 0.1) is 11.6 Å². The number of aryl methyl sites for hydroxylation is 1. The molecule has 0 spiro atoms. The Morgan fingerprint density at radius 2 is 1.90 bits per heavy atom. The maximum Gasteiger partial charge on any atom is 0.416 e. The summed E-state index contributed by atoms with van der Waals surface area (Å²) in [6.07, 6.45) is -3.57. The number of benzene rings is 2. The molecule has 3 rings (SSSR count). The van der Waals surface area contributed by atoms with Crippen LogP contribution in [0.2, 0.25) is 0 Å². The van der Waals surface area contributed by atoms with Crippen molar-refractivity contribution in [3.8, 4) is 0 Å². The van der Waals surface area contributed by atoms with E-state index >= 15 is 0 Å². The van der Waals surface area contributed by atoms with Crippen LogP contribution in [0, 0.1) is 6.92 Å². The van der Waals surface area contributed by atoms with E-state index in [0.29, 0.717) is 5.69 Å². The van der Waals surface area contributed by atoms with Gasteiger partial charge in [0.2, 0.25) is 0 Å². The smallest absolute Gasteiger partial charge is 0.378 e. The molecule has 1 N–H and O–H groups in total. The van der Waals surface area contributed by atoms with E-state index in [-0.39, 0.29) is 6.04 Å². The average molecular weight is 277 g/mol. The molecule has 104 valence electrons. The lowest BCUT2D eigenvalue weighted by atomic mass is 10.0. The number of rotatable bonds is 1. The lowest BCUT2D eigenvalue weighted by molar-refractivity contribution is -0.137. The molecule has 20 heavy (non-hydrogen) atoms. The van der Waals surface area contributed by atoms with E-state index in [1.807, 2.05) is 25.1 Å². The second kappa shape index (κ2) is 4.54. The molecule has 4 heteroatoms. The van der Waals surface area contributed by atoms with Crippen LogP contribution in [0.4, 0.5) is 18.9 Å². The van der Waals surface area contributed by atoms with Gasteiger partial charge in [0.15, 0.2) is 0 Å². The molecule has 1 unspecified atom stereocenters. The van der Waals surface area contributed by atoms with E-state index in [1.165, 1.54) is 6.07 Å². The van der Waals surface area contributed by atoms with Crippen LogP contribution in [0.3, 0.4) is 0 Å². The molecule has 0 aromatic heterocycles. The molecule has 1 nitrogen and oxygen atoms in total. The highest BCUT2D eigenvalue weighted by molar-refractivity contribution is 5.60. The summed E-state index contributed by atoms with van der Waals surface area (Å²) >= 11 is 0. The highest BCUT2D eigenvalue weighted by Gasteiger charge is 2.32. The summed E-state index contributed by atoms with van der Waals surface area (Å²) in [5.74, 6) is 0. The van der Waals surface area contributed by atoms with Crippen LogP contribution in [-0.2, 0) is 12.6 Å². The Hall–Kier alpha value is -1.97. The fourth-order valence-electron chi connectivity index (χ4n) is 2.61. The van der Waals surface area contributed by atoms with Crippen molar-refractivity contribution in [2.45, 2.75) is 25.6 Å². The molecule has 1 heterocycles. The maximum absolute atomic E-state index is 12.7. The van der Waals surface area contributed by atoms with Crippen molar-refractivity contribution >= 4 is 5.69 Å². The van der Waals surface area contributed by atoms with Gasteiger partial charge in [0.1, 0.15) is 0 Å². The van der Waals surface area contributed by atoms with E-state index in [1.54, 1.807) is 6.07 Å². The maximum atomic E-state index is 12.7. The first-order valence-electron chi connectivity index (χ1n) is 6.47. The molecule has 1 atom stereocenters. The summed E-state index contributed by atoms with van der Waals surface area (Å²) in [4.78, 5) is 0. The molecular formula is C16H14F3N. The number of hydrogen-bond donors (Lipinski definition) is 1. The van der Waals surface area contributed by atoms with Crippen LogP contribution in [0.1, 0.15) is 28.3 Å². The third kappa shape index (κ3) is 2.38. The zero-order valence-corrected chi connectivity index (χ0v) is 11.0. The van der Waals surface area contributed by atoms with Crippen LogP contribution in [0.15, 0.2) is 42.5 Å². The topological polar surface area (TPSA) is 12.0 Å². The van der Waals surface area contributed by atoms with Crippen molar-refractivity contribution < 1.29 is 13.2 Å². The van der Waals surface area contributed by atoms with E-state index in [4.69, 9.17) is 0 Å². The Kier molecular flexibility index (Phi) is 2.96. The number of anilines is 1. The summed E-state index contributed by atoms with van der Waals surface area (Å²) in [6.45, 7) is 2.01. The highest BCUT2D eigenvalue weighted by Crippen LogP contribution is 2.38. The normalized spacial score (nSPS) is 17.7. The van der Waals surface area contributed by atoms with Gasteiger partial charge in [-0.1, -0.05) is 35.9 Å². The highest BCUT2D eigenvalue weighted by atomic mass is 19.4. The zero-order valence-electron chi connectivity index (χ0n) is 11.0. The standard InChI is InChI=1S/C16H14F3N/c1-10-3-2-4-11(7-10)14-8-12-5-6-13(16(17,18)19)9-15(12)20-14/h2-7,9,14,20H,8H2,1H3. The molecule has 1 aliphatic rings. The minimum absolute atomic E-state index is 0.0494. The Bertz CT molecular complexity index is 646. The summed E-state index contributed by atoms with van der Waals surface area (Å²) in [7, 11) is 0. The molecule has 0 saturated heterocycles. The van der Waals surface area contributed by atoms with Crippen LogP contribution in [0.5, 0.6) is 0 Å². The van der Waals surface area contributed by atoms with Crippen LogP contribution in [-0.4, -0.2) is 0 Å². The summed E-state index contributed by atoms with van der Waals surface area (Å²) in [5.41, 5.74) is 3.18. The molecule has 1 aliphatic heterocycles. The predicted molar refractivity (Wildman–Crippen MR) is 72.7 cm³/mol. The van der Waals surface area contributed by atoms with Crippen molar-refractivity contribution in [2.24, 2.45) is 0 Å². The monoisotopic (exact) mass is 277 g/mol. The summed E-state index contributed by atoms with van der Waals surface area (Å²) in [6, 6.07) is 12.0. The number of hydrogen-bond acceptors (Lipinski definition) is 1. The first-order chi connectivity index (χ1) is 9.43. The lowest BCUT2D eigenvalue weighted by Crippen LogP contribution is -2.07. The first kappa shape index (κ1) is 13.0. The van der Waals surface area contributed by atoms with Gasteiger partial charge in [-0.15, -0.1) is 0 Å². The van der Waals surface area contributed by atoms with E-state index in [9.17, 15) is 13.2 Å². The summed E-state index contributed by atoms with van der Waals surface area (Å²) < 4.78 is 38.1. The van der Waals surface area contributed by atoms with Crippen molar-refractivity contribution in [2.75, 3.05) is 5.32 Å². The molecule has 2 aromatic carbocycles. The lowest BCUT2D eigenvalue weighted by Gasteiger charge is -2.12. The van der Waals surface area contributed by atoms with Gasteiger partial charge in [0, 0.05) is 5.69 Å². The Labute approximate surface area is 115 Å². The van der Waals surface area contributed by atoms with Gasteiger partial charge in [-0.25, -0.2) is 0 Å². The first-order valence-corrected chi connectivity index (χ1v) is 6.47. The Morgan fingerprint density at radius 3 is 2.60 bits per heavy atom. The van der Waals surface area contributed by atoms with Gasteiger partial charge in [-0.3, -0.25) is 0 Å². The van der Waals surface area contributed by atoms with Crippen molar-refractivity contribution in [3.63, 3.8) is 0 Å². The second-order valence-electron chi connectivity index (χ2n) is 5.18. The minimum atomic E-state index is -4.29. The molecule has 0 amide bonds. The molecule has 0 radical (unpaired) electrons. The second-order valence-corrected chi connectivity index (χ2v) is 5.18. The van der Waals surface area contributed by atoms with Crippen LogP contribution in [0.25, 0.3) is 0 Å². The average Bonchev–Trinajstić information content (AvgIpc) is 2.80. The minimum Gasteiger partial charge on any atom is -0.378 e. The number of halogens is 3. The third-order valence-electron chi connectivity index (χ3n) is 3.64. The van der Waals surface area contributed by atoms with Gasteiger partial charge in [-0.05, 0) is 36.6 Å². The van der Waals surface area contributed by atoms with E-state index in [2.05, 4.69) is 11.4 Å². The fourth-order valence-corrected chi connectivity index (χ4v) is 2.61. The Morgan fingerprint density at radius 1 is 1.10 bits per heavy atom. The van der Waals surface area contributed by atoms with E-state index < -0.39 is 11.7 Å². The van der Waals surface area contributed by atoms with Crippen LogP contribution >= 0.6 is 0 Å². The Balaban J connectivity index is 1.89. The molecule has 0 aliphatic carbocycles. The molecule has 2 aromatic rings.